The Morgan fingerprint density at radius 1 is 1.11 bits per heavy atom. The quantitative estimate of drug-likeness (QED) is 0.756. The maximum absolute atomic E-state index is 12.2. The van der Waals surface area contributed by atoms with Crippen LogP contribution >= 0.6 is 11.6 Å². The third-order valence-electron chi connectivity index (χ3n) is 5.61. The van der Waals surface area contributed by atoms with E-state index in [4.69, 9.17) is 11.6 Å². The van der Waals surface area contributed by atoms with Crippen LogP contribution in [0.4, 0.5) is 4.79 Å². The SMILES string of the molecule is CC(c1ccccc1Cl)N1CCN(CCCN2C(=O)NC(C)(C)C2=O)CC1. The Bertz CT molecular complexity index is 701. The Labute approximate surface area is 166 Å². The molecule has 3 rings (SSSR count). The van der Waals surface area contributed by atoms with Crippen LogP contribution in [0, 0.1) is 0 Å². The molecule has 1 aromatic carbocycles. The molecule has 7 heteroatoms. The van der Waals surface area contributed by atoms with Gasteiger partial charge in [0, 0.05) is 43.8 Å². The van der Waals surface area contributed by atoms with Gasteiger partial charge in [-0.2, -0.15) is 0 Å². The lowest BCUT2D eigenvalue weighted by atomic mass is 10.1. The molecule has 6 nitrogen and oxygen atoms in total. The average molecular weight is 393 g/mol. The van der Waals surface area contributed by atoms with Crippen molar-refractivity contribution < 1.29 is 9.59 Å². The predicted octanol–water partition coefficient (Wildman–Crippen LogP) is 2.74. The maximum Gasteiger partial charge on any atom is 0.325 e. The zero-order valence-corrected chi connectivity index (χ0v) is 17.1. The molecular weight excluding hydrogens is 364 g/mol. The maximum atomic E-state index is 12.2. The van der Waals surface area contributed by atoms with Crippen molar-refractivity contribution in [1.82, 2.24) is 20.0 Å². The number of halogens is 1. The van der Waals surface area contributed by atoms with Crippen LogP contribution in [-0.4, -0.2) is 71.4 Å². The van der Waals surface area contributed by atoms with E-state index < -0.39 is 5.54 Å². The largest absolute Gasteiger partial charge is 0.325 e. The molecule has 1 unspecified atom stereocenters. The summed E-state index contributed by atoms with van der Waals surface area (Å²) in [7, 11) is 0. The summed E-state index contributed by atoms with van der Waals surface area (Å²) >= 11 is 6.34. The zero-order valence-electron chi connectivity index (χ0n) is 16.4. The fourth-order valence-corrected chi connectivity index (χ4v) is 4.15. The Morgan fingerprint density at radius 2 is 1.78 bits per heavy atom. The summed E-state index contributed by atoms with van der Waals surface area (Å²) < 4.78 is 0. The molecule has 0 radical (unpaired) electrons. The highest BCUT2D eigenvalue weighted by molar-refractivity contribution is 6.31. The average Bonchev–Trinajstić information content (AvgIpc) is 2.83. The highest BCUT2D eigenvalue weighted by Gasteiger charge is 2.43. The van der Waals surface area contributed by atoms with Crippen LogP contribution in [-0.2, 0) is 4.79 Å². The smallest absolute Gasteiger partial charge is 0.324 e. The van der Waals surface area contributed by atoms with Crippen LogP contribution in [0.15, 0.2) is 24.3 Å². The molecule has 0 spiro atoms. The van der Waals surface area contributed by atoms with Crippen molar-refractivity contribution in [2.45, 2.75) is 38.8 Å². The van der Waals surface area contributed by atoms with Gasteiger partial charge in [-0.15, -0.1) is 0 Å². The van der Waals surface area contributed by atoms with Crippen molar-refractivity contribution in [2.75, 3.05) is 39.3 Å². The first kappa shape index (κ1) is 20.1. The third-order valence-corrected chi connectivity index (χ3v) is 5.95. The molecule has 2 aliphatic rings. The first-order valence-corrected chi connectivity index (χ1v) is 10.0. The minimum Gasteiger partial charge on any atom is -0.324 e. The number of hydrogen-bond acceptors (Lipinski definition) is 4. The number of rotatable bonds is 6. The Hall–Kier alpha value is -1.63. The van der Waals surface area contributed by atoms with Gasteiger partial charge in [-0.3, -0.25) is 14.6 Å². The topological polar surface area (TPSA) is 55.9 Å². The van der Waals surface area contributed by atoms with Gasteiger partial charge in [0.05, 0.1) is 0 Å². The molecular formula is C20H29ClN4O2. The third kappa shape index (κ3) is 4.45. The number of nitrogens with one attached hydrogen (secondary N) is 1. The first-order chi connectivity index (χ1) is 12.8. The fraction of sp³-hybridized carbons (Fsp3) is 0.600. The molecule has 1 aromatic rings. The summed E-state index contributed by atoms with van der Waals surface area (Å²) in [6.07, 6.45) is 0.801. The summed E-state index contributed by atoms with van der Waals surface area (Å²) in [6, 6.07) is 8.06. The van der Waals surface area contributed by atoms with Crippen LogP contribution in [0.1, 0.15) is 38.8 Å². The number of benzene rings is 1. The second-order valence-corrected chi connectivity index (χ2v) is 8.35. The van der Waals surface area contributed by atoms with E-state index in [1.54, 1.807) is 13.8 Å². The lowest BCUT2D eigenvalue weighted by Gasteiger charge is -2.38. The first-order valence-electron chi connectivity index (χ1n) is 9.64. The Morgan fingerprint density at radius 3 is 2.37 bits per heavy atom. The molecule has 0 saturated carbocycles. The molecule has 0 aromatic heterocycles. The van der Waals surface area contributed by atoms with E-state index in [9.17, 15) is 9.59 Å². The normalized spacial score (nSPS) is 22.1. The van der Waals surface area contributed by atoms with Gasteiger partial charge in [-0.25, -0.2) is 4.79 Å². The van der Waals surface area contributed by atoms with Crippen molar-refractivity contribution in [3.8, 4) is 0 Å². The standard InChI is InChI=1S/C20H29ClN4O2/c1-15(16-7-4-5-8-17(16)21)24-13-11-23(12-14-24)9-6-10-25-18(26)20(2,3)22-19(25)27/h4-5,7-8,15H,6,9-14H2,1-3H3,(H,22,27). The van der Waals surface area contributed by atoms with E-state index in [0.717, 1.165) is 44.2 Å². The van der Waals surface area contributed by atoms with E-state index in [-0.39, 0.29) is 11.9 Å². The molecule has 27 heavy (non-hydrogen) atoms. The number of imide groups is 1. The molecule has 148 valence electrons. The fourth-order valence-electron chi connectivity index (χ4n) is 3.86. The van der Waals surface area contributed by atoms with Crippen LogP contribution < -0.4 is 5.32 Å². The summed E-state index contributed by atoms with van der Waals surface area (Å²) in [6.45, 7) is 11.0. The monoisotopic (exact) mass is 392 g/mol. The Balaban J connectivity index is 1.43. The number of hydrogen-bond donors (Lipinski definition) is 1. The number of nitrogens with zero attached hydrogens (tertiary/aromatic N) is 3. The van der Waals surface area contributed by atoms with Crippen LogP contribution in [0.2, 0.25) is 5.02 Å². The number of carbonyl (C=O) groups is 2. The van der Waals surface area contributed by atoms with Gasteiger partial charge in [0.1, 0.15) is 5.54 Å². The van der Waals surface area contributed by atoms with Crippen molar-refractivity contribution in [3.05, 3.63) is 34.9 Å². The second-order valence-electron chi connectivity index (χ2n) is 7.94. The number of urea groups is 1. The van der Waals surface area contributed by atoms with Crippen LogP contribution in [0.25, 0.3) is 0 Å². The van der Waals surface area contributed by atoms with Crippen molar-refractivity contribution in [3.63, 3.8) is 0 Å². The molecule has 2 heterocycles. The number of piperazine rings is 1. The predicted molar refractivity (Wildman–Crippen MR) is 107 cm³/mol. The van der Waals surface area contributed by atoms with Gasteiger partial charge in [0.25, 0.3) is 5.91 Å². The minimum atomic E-state index is -0.780. The van der Waals surface area contributed by atoms with E-state index >= 15 is 0 Å². The van der Waals surface area contributed by atoms with E-state index in [0.29, 0.717) is 12.6 Å². The number of carbonyl (C=O) groups excluding carboxylic acids is 2. The Kier molecular flexibility index (Phi) is 6.08. The van der Waals surface area contributed by atoms with E-state index in [1.807, 2.05) is 18.2 Å². The van der Waals surface area contributed by atoms with Gasteiger partial charge in [-0.1, -0.05) is 29.8 Å². The van der Waals surface area contributed by atoms with Crippen LogP contribution in [0.5, 0.6) is 0 Å². The second kappa shape index (κ2) is 8.17. The van der Waals surface area contributed by atoms with E-state index in [1.165, 1.54) is 10.5 Å². The summed E-state index contributed by atoms with van der Waals surface area (Å²) in [5, 5.41) is 3.55. The lowest BCUT2D eigenvalue weighted by Crippen LogP contribution is -2.47. The van der Waals surface area contributed by atoms with Crippen molar-refractivity contribution in [2.24, 2.45) is 0 Å². The van der Waals surface area contributed by atoms with Gasteiger partial charge in [0.2, 0.25) is 0 Å². The van der Waals surface area contributed by atoms with Gasteiger partial charge < -0.3 is 10.2 Å². The van der Waals surface area contributed by atoms with E-state index in [2.05, 4.69) is 28.1 Å². The molecule has 0 bridgehead atoms. The van der Waals surface area contributed by atoms with Gasteiger partial charge in [-0.05, 0) is 45.4 Å². The van der Waals surface area contributed by atoms with Gasteiger partial charge >= 0.3 is 6.03 Å². The molecule has 2 saturated heterocycles. The summed E-state index contributed by atoms with van der Waals surface area (Å²) in [4.78, 5) is 30.3. The summed E-state index contributed by atoms with van der Waals surface area (Å²) in [5.41, 5.74) is 0.395. The van der Waals surface area contributed by atoms with Crippen molar-refractivity contribution in [1.29, 1.82) is 0 Å². The highest BCUT2D eigenvalue weighted by atomic mass is 35.5. The zero-order chi connectivity index (χ0) is 19.6. The molecule has 2 fully saturated rings. The molecule has 1 N–H and O–H groups in total. The minimum absolute atomic E-state index is 0.133. The highest BCUT2D eigenvalue weighted by Crippen LogP contribution is 2.27. The van der Waals surface area contributed by atoms with Gasteiger partial charge in [0.15, 0.2) is 0 Å². The van der Waals surface area contributed by atoms with Crippen molar-refractivity contribution >= 4 is 23.5 Å². The van der Waals surface area contributed by atoms with Crippen LogP contribution in [0.3, 0.4) is 0 Å². The summed E-state index contributed by atoms with van der Waals surface area (Å²) in [5.74, 6) is -0.133. The molecule has 2 aliphatic heterocycles. The molecule has 1 atom stereocenters. The molecule has 0 aliphatic carbocycles. The lowest BCUT2D eigenvalue weighted by molar-refractivity contribution is -0.130. The number of amides is 3. The molecule has 3 amide bonds.